The van der Waals surface area contributed by atoms with Crippen LogP contribution in [0.5, 0.6) is 0 Å². The van der Waals surface area contributed by atoms with Crippen LogP contribution in [0.2, 0.25) is 0 Å². The van der Waals surface area contributed by atoms with Crippen LogP contribution in [0.15, 0.2) is 10.9 Å². The number of hydrogen-bond acceptors (Lipinski definition) is 7. The van der Waals surface area contributed by atoms with Crippen molar-refractivity contribution in [3.63, 3.8) is 0 Å². The standard InChI is InChI=1S/C20H31N3O5S/c21-19(26)14(16-10-29-11-22-16)9-28-20(27)23-15(8-12-4-2-1-3-5-12)18(25)17(24)13-6-7-13/h10-15,17-18,24-25H,1-9H2,(H2,21,26)(H,23,27)/t14?,15-,17-,18+/m0/s1. The molecule has 0 saturated heterocycles. The third-order valence-electron chi connectivity index (χ3n) is 6.02. The molecule has 0 radical (unpaired) electrons. The van der Waals surface area contributed by atoms with Crippen molar-refractivity contribution in [3.05, 3.63) is 16.6 Å². The number of amides is 2. The molecule has 1 aromatic rings. The van der Waals surface area contributed by atoms with Crippen molar-refractivity contribution in [1.29, 1.82) is 0 Å². The van der Waals surface area contributed by atoms with Crippen LogP contribution in [0.3, 0.4) is 0 Å². The zero-order chi connectivity index (χ0) is 20.8. The molecule has 0 bridgehead atoms. The quantitative estimate of drug-likeness (QED) is 0.452. The Balaban J connectivity index is 1.57. The first kappa shape index (κ1) is 22.0. The van der Waals surface area contributed by atoms with Crippen molar-refractivity contribution >= 4 is 23.3 Å². The van der Waals surface area contributed by atoms with Gasteiger partial charge in [-0.25, -0.2) is 9.78 Å². The van der Waals surface area contributed by atoms with Gasteiger partial charge in [-0.15, -0.1) is 11.3 Å². The van der Waals surface area contributed by atoms with Gasteiger partial charge in [-0.1, -0.05) is 32.1 Å². The Morgan fingerprint density at radius 3 is 2.55 bits per heavy atom. The van der Waals surface area contributed by atoms with Crippen molar-refractivity contribution in [2.75, 3.05) is 6.61 Å². The minimum Gasteiger partial charge on any atom is -0.448 e. The van der Waals surface area contributed by atoms with Gasteiger partial charge in [0.15, 0.2) is 0 Å². The molecule has 4 atom stereocenters. The molecule has 8 nitrogen and oxygen atoms in total. The molecule has 2 amide bonds. The molecule has 2 aliphatic carbocycles. The summed E-state index contributed by atoms with van der Waals surface area (Å²) in [5.74, 6) is -0.929. The Morgan fingerprint density at radius 2 is 1.97 bits per heavy atom. The van der Waals surface area contributed by atoms with Gasteiger partial charge in [0, 0.05) is 5.38 Å². The number of nitrogens with zero attached hydrogens (tertiary/aromatic N) is 1. The molecule has 0 spiro atoms. The summed E-state index contributed by atoms with van der Waals surface area (Å²) in [6.45, 7) is -0.220. The van der Waals surface area contributed by atoms with Crippen LogP contribution in [-0.2, 0) is 9.53 Å². The van der Waals surface area contributed by atoms with Crippen molar-refractivity contribution < 1.29 is 24.5 Å². The van der Waals surface area contributed by atoms with Crippen molar-refractivity contribution in [2.24, 2.45) is 17.6 Å². The lowest BCUT2D eigenvalue weighted by molar-refractivity contribution is -0.120. The maximum absolute atomic E-state index is 12.4. The smallest absolute Gasteiger partial charge is 0.407 e. The van der Waals surface area contributed by atoms with E-state index in [-0.39, 0.29) is 12.5 Å². The van der Waals surface area contributed by atoms with E-state index in [4.69, 9.17) is 10.5 Å². The Labute approximate surface area is 174 Å². The van der Waals surface area contributed by atoms with E-state index in [1.165, 1.54) is 17.8 Å². The number of thiazole rings is 1. The molecule has 9 heteroatoms. The number of nitrogens with one attached hydrogen (secondary N) is 1. The first-order chi connectivity index (χ1) is 14.0. The monoisotopic (exact) mass is 425 g/mol. The molecular weight excluding hydrogens is 394 g/mol. The summed E-state index contributed by atoms with van der Waals surface area (Å²) in [4.78, 5) is 28.1. The lowest BCUT2D eigenvalue weighted by atomic mass is 9.82. The Hall–Kier alpha value is -1.71. The van der Waals surface area contributed by atoms with E-state index in [2.05, 4.69) is 10.3 Å². The second-order valence-electron chi connectivity index (χ2n) is 8.28. The van der Waals surface area contributed by atoms with Gasteiger partial charge in [0.1, 0.15) is 18.6 Å². The fraction of sp³-hybridized carbons (Fsp3) is 0.750. The van der Waals surface area contributed by atoms with Gasteiger partial charge in [0.05, 0.1) is 23.4 Å². The predicted octanol–water partition coefficient (Wildman–Crippen LogP) is 1.91. The van der Waals surface area contributed by atoms with Crippen LogP contribution < -0.4 is 11.1 Å². The number of aliphatic hydroxyl groups is 2. The number of rotatable bonds is 10. The number of aromatic nitrogens is 1. The predicted molar refractivity (Wildman–Crippen MR) is 108 cm³/mol. The lowest BCUT2D eigenvalue weighted by Gasteiger charge is -2.32. The molecule has 0 aromatic carbocycles. The second-order valence-corrected chi connectivity index (χ2v) is 8.99. The van der Waals surface area contributed by atoms with Crippen molar-refractivity contribution in [1.82, 2.24) is 10.3 Å². The van der Waals surface area contributed by atoms with E-state index in [1.54, 1.807) is 10.9 Å². The molecule has 3 rings (SSSR count). The largest absolute Gasteiger partial charge is 0.448 e. The summed E-state index contributed by atoms with van der Waals surface area (Å²) in [5.41, 5.74) is 7.46. The van der Waals surface area contributed by atoms with E-state index in [1.807, 2.05) is 0 Å². The number of hydrogen-bond donors (Lipinski definition) is 4. The number of nitrogens with two attached hydrogens (primary N) is 1. The first-order valence-electron chi connectivity index (χ1n) is 10.4. The number of carbonyl (C=O) groups excluding carboxylic acids is 2. The number of primary amides is 1. The average Bonchev–Trinajstić information content (AvgIpc) is 3.42. The van der Waals surface area contributed by atoms with Gasteiger partial charge < -0.3 is 26.0 Å². The van der Waals surface area contributed by atoms with E-state index in [0.29, 0.717) is 18.0 Å². The summed E-state index contributed by atoms with van der Waals surface area (Å²) in [6.07, 6.45) is 5.42. The molecule has 2 saturated carbocycles. The third kappa shape index (κ3) is 6.38. The average molecular weight is 426 g/mol. The van der Waals surface area contributed by atoms with Crippen molar-refractivity contribution in [3.8, 4) is 0 Å². The topological polar surface area (TPSA) is 135 Å². The highest BCUT2D eigenvalue weighted by Gasteiger charge is 2.39. The van der Waals surface area contributed by atoms with Gasteiger partial charge in [0.2, 0.25) is 5.91 Å². The molecule has 2 fully saturated rings. The molecule has 1 heterocycles. The Morgan fingerprint density at radius 1 is 1.24 bits per heavy atom. The van der Waals surface area contributed by atoms with E-state index < -0.39 is 36.2 Å². The highest BCUT2D eigenvalue weighted by atomic mass is 32.1. The fourth-order valence-electron chi connectivity index (χ4n) is 4.08. The van der Waals surface area contributed by atoms with Crippen molar-refractivity contribution in [2.45, 2.75) is 75.5 Å². The van der Waals surface area contributed by atoms with Gasteiger partial charge in [-0.3, -0.25) is 4.79 Å². The number of carbonyl (C=O) groups is 2. The molecule has 5 N–H and O–H groups in total. The van der Waals surface area contributed by atoms with Gasteiger partial charge >= 0.3 is 6.09 Å². The first-order valence-corrected chi connectivity index (χ1v) is 11.4. The normalized spacial score (nSPS) is 21.7. The fourth-order valence-corrected chi connectivity index (χ4v) is 4.69. The zero-order valence-corrected chi connectivity index (χ0v) is 17.4. The van der Waals surface area contributed by atoms with Crippen LogP contribution in [0, 0.1) is 11.8 Å². The van der Waals surface area contributed by atoms with Crippen LogP contribution in [0.25, 0.3) is 0 Å². The Kier molecular flexibility index (Phi) is 7.85. The molecule has 162 valence electrons. The highest BCUT2D eigenvalue weighted by Crippen LogP contribution is 2.36. The molecule has 29 heavy (non-hydrogen) atoms. The van der Waals surface area contributed by atoms with Gasteiger partial charge in [-0.2, -0.15) is 0 Å². The SMILES string of the molecule is NC(=O)C(COC(=O)N[C@@H](CC1CCCCC1)[C@@H](O)[C@@H](O)C1CC1)c1cscn1. The summed E-state index contributed by atoms with van der Waals surface area (Å²) >= 11 is 1.33. The van der Waals surface area contributed by atoms with Gasteiger partial charge in [-0.05, 0) is 31.1 Å². The molecule has 1 aromatic heterocycles. The van der Waals surface area contributed by atoms with Gasteiger partial charge in [0.25, 0.3) is 0 Å². The van der Waals surface area contributed by atoms with Crippen LogP contribution in [0.4, 0.5) is 4.79 Å². The zero-order valence-electron chi connectivity index (χ0n) is 16.5. The molecule has 2 aliphatic rings. The minimum atomic E-state index is -1.04. The summed E-state index contributed by atoms with van der Waals surface area (Å²) in [5, 5.41) is 25.5. The summed E-state index contributed by atoms with van der Waals surface area (Å²) in [6, 6.07) is -0.590. The highest BCUT2D eigenvalue weighted by molar-refractivity contribution is 7.07. The Bertz CT molecular complexity index is 661. The lowest BCUT2D eigenvalue weighted by Crippen LogP contribution is -2.50. The maximum Gasteiger partial charge on any atom is 0.407 e. The maximum atomic E-state index is 12.4. The number of alkyl carbamates (subject to hydrolysis) is 1. The van der Waals surface area contributed by atoms with Crippen LogP contribution >= 0.6 is 11.3 Å². The van der Waals surface area contributed by atoms with Crippen LogP contribution in [-0.4, -0.2) is 52.1 Å². The third-order valence-corrected chi connectivity index (χ3v) is 6.62. The van der Waals surface area contributed by atoms with E-state index in [9.17, 15) is 19.8 Å². The second kappa shape index (κ2) is 10.4. The summed E-state index contributed by atoms with van der Waals surface area (Å²) < 4.78 is 5.24. The summed E-state index contributed by atoms with van der Waals surface area (Å²) in [7, 11) is 0. The molecule has 0 aliphatic heterocycles. The number of aliphatic hydroxyl groups excluding tert-OH is 2. The van der Waals surface area contributed by atoms with Crippen LogP contribution in [0.1, 0.15) is 63.0 Å². The number of ether oxygens (including phenoxy) is 1. The van der Waals surface area contributed by atoms with E-state index >= 15 is 0 Å². The molecule has 1 unspecified atom stereocenters. The van der Waals surface area contributed by atoms with E-state index in [0.717, 1.165) is 38.5 Å². The molecular formula is C20H31N3O5S. The minimum absolute atomic E-state index is 0.0978.